The molecule has 2 unspecified atom stereocenters. The Bertz CT molecular complexity index is 357. The van der Waals surface area contributed by atoms with Crippen molar-refractivity contribution in [1.82, 2.24) is 25.5 Å². The lowest BCUT2D eigenvalue weighted by Crippen LogP contribution is -2.22. The third-order valence-electron chi connectivity index (χ3n) is 3.48. The molecule has 0 radical (unpaired) electrons. The molecule has 1 heterocycles. The average molecular weight is 269 g/mol. The summed E-state index contributed by atoms with van der Waals surface area (Å²) in [5.74, 6) is 1.65. The minimum absolute atomic E-state index is 0.670. The molecule has 1 saturated carbocycles. The van der Waals surface area contributed by atoms with Crippen molar-refractivity contribution in [3.63, 3.8) is 0 Å². The molecule has 0 bridgehead atoms. The van der Waals surface area contributed by atoms with E-state index in [9.17, 15) is 0 Å². The predicted octanol–water partition coefficient (Wildman–Crippen LogP) is 1.81. The largest absolute Gasteiger partial charge is 0.318 e. The Hall–Kier alpha value is -0.620. The highest BCUT2D eigenvalue weighted by molar-refractivity contribution is 7.99. The van der Waals surface area contributed by atoms with E-state index in [4.69, 9.17) is 0 Å². The van der Waals surface area contributed by atoms with Gasteiger partial charge in [0.05, 0.1) is 6.54 Å². The Labute approximate surface area is 113 Å². The van der Waals surface area contributed by atoms with E-state index in [-0.39, 0.29) is 0 Å². The molecular formula is C12H23N5S. The molecule has 2 atom stereocenters. The first kappa shape index (κ1) is 13.8. The maximum atomic E-state index is 4.15. The smallest absolute Gasteiger partial charge is 0.209 e. The zero-order chi connectivity index (χ0) is 13.0. The van der Waals surface area contributed by atoms with E-state index < -0.39 is 0 Å². The number of nitrogens with one attached hydrogen (secondary N) is 1. The first-order chi connectivity index (χ1) is 8.69. The number of hydrogen-bond acceptors (Lipinski definition) is 5. The molecule has 6 heteroatoms. The Kier molecular flexibility index (Phi) is 5.00. The van der Waals surface area contributed by atoms with Crippen molar-refractivity contribution in [3.05, 3.63) is 0 Å². The molecule has 0 aromatic carbocycles. The quantitative estimate of drug-likeness (QED) is 0.883. The summed E-state index contributed by atoms with van der Waals surface area (Å²) in [5, 5.41) is 16.8. The molecule has 1 aliphatic carbocycles. The van der Waals surface area contributed by atoms with Gasteiger partial charge in [0.25, 0.3) is 0 Å². The van der Waals surface area contributed by atoms with Crippen molar-refractivity contribution in [2.45, 2.75) is 50.1 Å². The van der Waals surface area contributed by atoms with Gasteiger partial charge in [0.1, 0.15) is 0 Å². The molecule has 2 rings (SSSR count). The van der Waals surface area contributed by atoms with Gasteiger partial charge in [-0.05, 0) is 48.6 Å². The van der Waals surface area contributed by atoms with E-state index in [1.54, 1.807) is 0 Å². The van der Waals surface area contributed by atoms with Crippen molar-refractivity contribution < 1.29 is 0 Å². The highest BCUT2D eigenvalue weighted by atomic mass is 32.2. The molecule has 1 fully saturated rings. The van der Waals surface area contributed by atoms with E-state index in [0.29, 0.717) is 5.25 Å². The van der Waals surface area contributed by atoms with Crippen LogP contribution in [0.25, 0.3) is 0 Å². The van der Waals surface area contributed by atoms with Crippen LogP contribution in [0.2, 0.25) is 0 Å². The maximum Gasteiger partial charge on any atom is 0.209 e. The van der Waals surface area contributed by atoms with E-state index in [1.165, 1.54) is 19.3 Å². The van der Waals surface area contributed by atoms with Crippen molar-refractivity contribution in [2.24, 2.45) is 11.8 Å². The highest BCUT2D eigenvalue weighted by Crippen LogP contribution is 2.37. The van der Waals surface area contributed by atoms with Gasteiger partial charge in [0, 0.05) is 11.8 Å². The summed E-state index contributed by atoms with van der Waals surface area (Å²) >= 11 is 1.85. The van der Waals surface area contributed by atoms with Crippen LogP contribution in [0, 0.1) is 11.8 Å². The molecule has 0 saturated heterocycles. The molecule has 1 aromatic heterocycles. The fourth-order valence-electron chi connectivity index (χ4n) is 2.76. The van der Waals surface area contributed by atoms with E-state index in [2.05, 4.69) is 34.7 Å². The minimum atomic E-state index is 0.670. The van der Waals surface area contributed by atoms with E-state index >= 15 is 0 Å². The second-order valence-electron chi connectivity index (χ2n) is 5.45. The average Bonchev–Trinajstić information content (AvgIpc) is 2.72. The molecule has 1 N–H and O–H groups in total. The Morgan fingerprint density at radius 3 is 2.67 bits per heavy atom. The van der Waals surface area contributed by atoms with Crippen LogP contribution in [0.4, 0.5) is 0 Å². The van der Waals surface area contributed by atoms with Gasteiger partial charge < -0.3 is 5.32 Å². The van der Waals surface area contributed by atoms with Gasteiger partial charge in [0.2, 0.25) is 5.16 Å². The number of thioether (sulfide) groups is 1. The Balaban J connectivity index is 1.94. The van der Waals surface area contributed by atoms with Crippen molar-refractivity contribution >= 4 is 11.8 Å². The van der Waals surface area contributed by atoms with Gasteiger partial charge in [-0.1, -0.05) is 25.6 Å². The van der Waals surface area contributed by atoms with Gasteiger partial charge in [-0.25, -0.2) is 4.68 Å². The summed E-state index contributed by atoms with van der Waals surface area (Å²) in [6.45, 7) is 6.44. The van der Waals surface area contributed by atoms with Crippen LogP contribution in [0.3, 0.4) is 0 Å². The fraction of sp³-hybridized carbons (Fsp3) is 0.917. The minimum Gasteiger partial charge on any atom is -0.318 e. The van der Waals surface area contributed by atoms with Crippen LogP contribution in [0.5, 0.6) is 0 Å². The second-order valence-corrected chi connectivity index (χ2v) is 6.71. The highest BCUT2D eigenvalue weighted by Gasteiger charge is 2.26. The molecule has 18 heavy (non-hydrogen) atoms. The zero-order valence-corrected chi connectivity index (χ0v) is 12.3. The molecule has 1 aliphatic rings. The monoisotopic (exact) mass is 269 g/mol. The van der Waals surface area contributed by atoms with E-state index in [1.807, 2.05) is 23.5 Å². The molecule has 0 amide bonds. The Morgan fingerprint density at radius 1 is 1.28 bits per heavy atom. The predicted molar refractivity (Wildman–Crippen MR) is 73.6 cm³/mol. The molecular weight excluding hydrogens is 246 g/mol. The van der Waals surface area contributed by atoms with Crippen molar-refractivity contribution in [2.75, 3.05) is 13.6 Å². The number of likely N-dealkylation sites (N-methyl/N-ethyl adjacent to an activating group) is 1. The zero-order valence-electron chi connectivity index (χ0n) is 11.5. The van der Waals surface area contributed by atoms with Crippen LogP contribution >= 0.6 is 11.8 Å². The lowest BCUT2D eigenvalue weighted by Gasteiger charge is -2.30. The molecule has 5 nitrogen and oxygen atoms in total. The number of aromatic nitrogens is 4. The number of tetrazole rings is 1. The first-order valence-electron chi connectivity index (χ1n) is 6.76. The van der Waals surface area contributed by atoms with Crippen LogP contribution in [0.15, 0.2) is 5.16 Å². The Morgan fingerprint density at radius 2 is 2.00 bits per heavy atom. The lowest BCUT2D eigenvalue weighted by molar-refractivity contribution is 0.308. The standard InChI is InChI=1S/C12H23N5S/c1-9-6-10(2)8-11(7-9)18-12-14-15-16-17(12)5-4-13-3/h9-11,13H,4-8H2,1-3H3. The maximum absolute atomic E-state index is 4.15. The number of nitrogens with zero attached hydrogens (tertiary/aromatic N) is 4. The summed E-state index contributed by atoms with van der Waals surface area (Å²) in [4.78, 5) is 0. The van der Waals surface area contributed by atoms with Crippen molar-refractivity contribution in [1.29, 1.82) is 0 Å². The van der Waals surface area contributed by atoms with Gasteiger partial charge in [-0.3, -0.25) is 0 Å². The summed E-state index contributed by atoms with van der Waals surface area (Å²) in [6.07, 6.45) is 3.93. The first-order valence-corrected chi connectivity index (χ1v) is 7.64. The summed E-state index contributed by atoms with van der Waals surface area (Å²) in [5.41, 5.74) is 0. The third-order valence-corrected chi connectivity index (χ3v) is 4.70. The van der Waals surface area contributed by atoms with Gasteiger partial charge >= 0.3 is 0 Å². The van der Waals surface area contributed by atoms with E-state index in [0.717, 1.165) is 30.1 Å². The fourth-order valence-corrected chi connectivity index (χ4v) is 4.24. The molecule has 1 aromatic rings. The summed E-state index contributed by atoms with van der Waals surface area (Å²) in [6, 6.07) is 0. The van der Waals surface area contributed by atoms with Gasteiger partial charge in [-0.15, -0.1) is 5.10 Å². The van der Waals surface area contributed by atoms with Gasteiger partial charge in [-0.2, -0.15) is 0 Å². The van der Waals surface area contributed by atoms with Crippen molar-refractivity contribution in [3.8, 4) is 0 Å². The SMILES string of the molecule is CNCCn1nnnc1SC1CC(C)CC(C)C1. The van der Waals surface area contributed by atoms with Crippen LogP contribution < -0.4 is 5.32 Å². The topological polar surface area (TPSA) is 55.6 Å². The third kappa shape index (κ3) is 3.68. The second kappa shape index (κ2) is 6.52. The number of hydrogen-bond donors (Lipinski definition) is 1. The van der Waals surface area contributed by atoms with Crippen LogP contribution in [-0.2, 0) is 6.54 Å². The normalized spacial score (nSPS) is 28.5. The molecule has 0 spiro atoms. The summed E-state index contributed by atoms with van der Waals surface area (Å²) in [7, 11) is 1.95. The number of rotatable bonds is 5. The lowest BCUT2D eigenvalue weighted by atomic mass is 9.83. The molecule has 0 aliphatic heterocycles. The van der Waals surface area contributed by atoms with Gasteiger partial charge in [0.15, 0.2) is 0 Å². The summed E-state index contributed by atoms with van der Waals surface area (Å²) < 4.78 is 1.91. The van der Waals surface area contributed by atoms with Crippen LogP contribution in [-0.4, -0.2) is 39.0 Å². The van der Waals surface area contributed by atoms with Crippen LogP contribution in [0.1, 0.15) is 33.1 Å². The molecule has 102 valence electrons.